The Labute approximate surface area is 151 Å². The van der Waals surface area contributed by atoms with Crippen molar-refractivity contribution in [3.05, 3.63) is 41.9 Å². The first-order valence-electron chi connectivity index (χ1n) is 8.66. The Morgan fingerprint density at radius 2 is 2.08 bits per heavy atom. The summed E-state index contributed by atoms with van der Waals surface area (Å²) in [6.45, 7) is 4.31. The van der Waals surface area contributed by atoms with Gasteiger partial charge in [0.1, 0.15) is 17.5 Å². The van der Waals surface area contributed by atoms with Gasteiger partial charge in [0.2, 0.25) is 5.88 Å². The average Bonchev–Trinajstić information content (AvgIpc) is 3.07. The first-order valence-corrected chi connectivity index (χ1v) is 8.66. The molecule has 0 atom stereocenters. The zero-order valence-electron chi connectivity index (χ0n) is 14.5. The predicted octanol–water partition coefficient (Wildman–Crippen LogP) is 1.99. The number of hydrogen-bond donors (Lipinski definition) is 0. The molecule has 0 bridgehead atoms. The number of rotatable bonds is 4. The fourth-order valence-electron chi connectivity index (χ4n) is 3.17. The maximum Gasteiger partial charge on any atom is 0.231 e. The first-order chi connectivity index (χ1) is 12.7. The largest absolute Gasteiger partial charge is 0.476 e. The maximum atomic E-state index is 9.10. The van der Waals surface area contributed by atoms with Gasteiger partial charge in [-0.3, -0.25) is 0 Å². The number of anilines is 1. The van der Waals surface area contributed by atoms with Gasteiger partial charge in [-0.25, -0.2) is 4.98 Å². The van der Waals surface area contributed by atoms with E-state index in [1.165, 1.54) is 0 Å². The highest BCUT2D eigenvalue weighted by Crippen LogP contribution is 2.23. The molecule has 0 unspecified atom stereocenters. The van der Waals surface area contributed by atoms with Gasteiger partial charge in [0, 0.05) is 19.3 Å². The number of aromatic nitrogens is 5. The van der Waals surface area contributed by atoms with Gasteiger partial charge in [0.25, 0.3) is 0 Å². The van der Waals surface area contributed by atoms with E-state index in [0.29, 0.717) is 24.0 Å². The number of aryl methyl sites for hydroxylation is 1. The van der Waals surface area contributed by atoms with Crippen molar-refractivity contribution >= 4 is 11.5 Å². The summed E-state index contributed by atoms with van der Waals surface area (Å²) in [4.78, 5) is 6.42. The van der Waals surface area contributed by atoms with E-state index in [0.717, 1.165) is 43.2 Å². The lowest BCUT2D eigenvalue weighted by Gasteiger charge is -2.32. The lowest BCUT2D eigenvalue weighted by atomic mass is 9.98. The molecule has 0 spiro atoms. The van der Waals surface area contributed by atoms with Gasteiger partial charge >= 0.3 is 0 Å². The average molecular weight is 349 g/mol. The molecule has 1 saturated heterocycles. The number of fused-ring (bicyclic) bond motifs is 1. The Hall–Kier alpha value is -3.21. The molecule has 0 radical (unpaired) electrons. The van der Waals surface area contributed by atoms with Crippen molar-refractivity contribution in [1.82, 2.24) is 24.8 Å². The minimum Gasteiger partial charge on any atom is -0.476 e. The number of piperidine rings is 1. The van der Waals surface area contributed by atoms with Gasteiger partial charge in [-0.05, 0) is 49.9 Å². The standard InChI is InChI=1S/C18H19N7O/c1-13-21-22-16-4-5-17(23-25(13)16)24-9-6-14(7-10-24)12-26-18-15(11-19)3-2-8-20-18/h2-5,8,14H,6-7,9-10,12H2,1H3. The molecular formula is C18H19N7O. The van der Waals surface area contributed by atoms with Gasteiger partial charge in [-0.15, -0.1) is 15.3 Å². The van der Waals surface area contributed by atoms with Crippen LogP contribution in [0.5, 0.6) is 5.88 Å². The van der Waals surface area contributed by atoms with E-state index in [1.807, 2.05) is 19.1 Å². The third-order valence-corrected chi connectivity index (χ3v) is 4.69. The summed E-state index contributed by atoms with van der Waals surface area (Å²) in [5.74, 6) is 2.60. The minimum atomic E-state index is 0.424. The maximum absolute atomic E-state index is 9.10. The van der Waals surface area contributed by atoms with E-state index in [-0.39, 0.29) is 0 Å². The topological polar surface area (TPSA) is 92.2 Å². The van der Waals surface area contributed by atoms with Crippen LogP contribution in [0, 0.1) is 24.2 Å². The van der Waals surface area contributed by atoms with Gasteiger partial charge in [-0.2, -0.15) is 9.78 Å². The molecule has 1 aliphatic heterocycles. The molecule has 132 valence electrons. The smallest absolute Gasteiger partial charge is 0.231 e. The quantitative estimate of drug-likeness (QED) is 0.711. The molecule has 0 aliphatic carbocycles. The molecule has 8 nitrogen and oxygen atoms in total. The van der Waals surface area contributed by atoms with E-state index in [9.17, 15) is 0 Å². The molecule has 3 aromatic heterocycles. The molecule has 1 aliphatic rings. The second-order valence-electron chi connectivity index (χ2n) is 6.42. The van der Waals surface area contributed by atoms with Crippen LogP contribution in [0.1, 0.15) is 24.2 Å². The van der Waals surface area contributed by atoms with Crippen LogP contribution in [0.15, 0.2) is 30.5 Å². The molecule has 3 aromatic rings. The molecule has 8 heteroatoms. The van der Waals surface area contributed by atoms with E-state index in [2.05, 4.69) is 31.2 Å². The lowest BCUT2D eigenvalue weighted by Crippen LogP contribution is -2.36. The number of nitriles is 1. The number of hydrogen-bond acceptors (Lipinski definition) is 7. The van der Waals surface area contributed by atoms with Crippen molar-refractivity contribution in [2.75, 3.05) is 24.6 Å². The number of pyridine rings is 1. The third kappa shape index (κ3) is 3.16. The van der Waals surface area contributed by atoms with Crippen molar-refractivity contribution in [3.63, 3.8) is 0 Å². The van der Waals surface area contributed by atoms with E-state index < -0.39 is 0 Å². The molecule has 4 heterocycles. The van der Waals surface area contributed by atoms with Crippen LogP contribution in [-0.4, -0.2) is 44.5 Å². The van der Waals surface area contributed by atoms with Crippen LogP contribution >= 0.6 is 0 Å². The van der Waals surface area contributed by atoms with Crippen molar-refractivity contribution in [1.29, 1.82) is 5.26 Å². The molecular weight excluding hydrogens is 330 g/mol. The van der Waals surface area contributed by atoms with Crippen LogP contribution in [0.4, 0.5) is 5.82 Å². The Morgan fingerprint density at radius 1 is 1.23 bits per heavy atom. The highest BCUT2D eigenvalue weighted by Gasteiger charge is 2.22. The summed E-state index contributed by atoms with van der Waals surface area (Å²) in [6, 6.07) is 9.52. The number of nitrogens with zero attached hydrogens (tertiary/aromatic N) is 7. The highest BCUT2D eigenvalue weighted by atomic mass is 16.5. The second kappa shape index (κ2) is 6.96. The van der Waals surface area contributed by atoms with Crippen molar-refractivity contribution in [2.24, 2.45) is 5.92 Å². The van der Waals surface area contributed by atoms with Gasteiger partial charge in [-0.1, -0.05) is 0 Å². The fraction of sp³-hybridized carbons (Fsp3) is 0.389. The zero-order chi connectivity index (χ0) is 17.9. The molecule has 26 heavy (non-hydrogen) atoms. The highest BCUT2D eigenvalue weighted by molar-refractivity contribution is 5.46. The summed E-state index contributed by atoms with van der Waals surface area (Å²) < 4.78 is 7.56. The van der Waals surface area contributed by atoms with Crippen LogP contribution in [0.3, 0.4) is 0 Å². The molecule has 0 aromatic carbocycles. The zero-order valence-corrected chi connectivity index (χ0v) is 14.5. The lowest BCUT2D eigenvalue weighted by molar-refractivity contribution is 0.215. The summed E-state index contributed by atoms with van der Waals surface area (Å²) >= 11 is 0. The molecule has 4 rings (SSSR count). The van der Waals surface area contributed by atoms with Crippen LogP contribution in [0.2, 0.25) is 0 Å². The third-order valence-electron chi connectivity index (χ3n) is 4.69. The Balaban J connectivity index is 1.36. The molecule has 1 fully saturated rings. The first kappa shape index (κ1) is 16.3. The van der Waals surface area contributed by atoms with E-state index >= 15 is 0 Å². The van der Waals surface area contributed by atoms with Crippen molar-refractivity contribution < 1.29 is 4.74 Å². The summed E-state index contributed by atoms with van der Waals surface area (Å²) in [5, 5.41) is 21.9. The van der Waals surface area contributed by atoms with Gasteiger partial charge < -0.3 is 9.64 Å². The van der Waals surface area contributed by atoms with Crippen LogP contribution < -0.4 is 9.64 Å². The van der Waals surface area contributed by atoms with Gasteiger partial charge in [0.15, 0.2) is 11.5 Å². The number of ether oxygens (including phenoxy) is 1. The molecule has 0 N–H and O–H groups in total. The fourth-order valence-corrected chi connectivity index (χ4v) is 3.17. The summed E-state index contributed by atoms with van der Waals surface area (Å²) in [7, 11) is 0. The van der Waals surface area contributed by atoms with E-state index in [1.54, 1.807) is 22.8 Å². The normalized spacial score (nSPS) is 15.2. The summed E-state index contributed by atoms with van der Waals surface area (Å²) in [6.07, 6.45) is 3.67. The minimum absolute atomic E-state index is 0.424. The second-order valence-corrected chi connectivity index (χ2v) is 6.42. The van der Waals surface area contributed by atoms with Gasteiger partial charge in [0.05, 0.1) is 6.61 Å². The SMILES string of the molecule is Cc1nnc2ccc(N3CCC(COc4ncccc4C#N)CC3)nn12. The Morgan fingerprint density at radius 3 is 2.88 bits per heavy atom. The Kier molecular flexibility index (Phi) is 4.35. The Bertz CT molecular complexity index is 954. The molecule has 0 amide bonds. The summed E-state index contributed by atoms with van der Waals surface area (Å²) in [5.41, 5.74) is 1.24. The molecule has 0 saturated carbocycles. The van der Waals surface area contributed by atoms with Crippen LogP contribution in [0.25, 0.3) is 5.65 Å². The van der Waals surface area contributed by atoms with E-state index in [4.69, 9.17) is 10.00 Å². The van der Waals surface area contributed by atoms with Crippen LogP contribution in [-0.2, 0) is 0 Å². The van der Waals surface area contributed by atoms with Crippen molar-refractivity contribution in [3.8, 4) is 11.9 Å². The monoisotopic (exact) mass is 349 g/mol. The van der Waals surface area contributed by atoms with Crippen molar-refractivity contribution in [2.45, 2.75) is 19.8 Å². The predicted molar refractivity (Wildman–Crippen MR) is 94.9 cm³/mol.